The number of anilines is 2. The molecular formula is C26H18Cl3N3O5. The highest BCUT2D eigenvalue weighted by Crippen LogP contribution is 2.28. The monoisotopic (exact) mass is 557 g/mol. The van der Waals surface area contributed by atoms with Gasteiger partial charge in [-0.25, -0.2) is 9.69 Å². The summed E-state index contributed by atoms with van der Waals surface area (Å²) in [6.07, 6.45) is 1.29. The van der Waals surface area contributed by atoms with Gasteiger partial charge < -0.3 is 10.1 Å². The van der Waals surface area contributed by atoms with Gasteiger partial charge in [-0.3, -0.25) is 19.7 Å². The molecule has 3 aromatic rings. The molecule has 1 heterocycles. The van der Waals surface area contributed by atoms with E-state index >= 15 is 0 Å². The van der Waals surface area contributed by atoms with Crippen molar-refractivity contribution in [3.05, 3.63) is 92.4 Å². The van der Waals surface area contributed by atoms with Gasteiger partial charge >= 0.3 is 6.03 Å². The van der Waals surface area contributed by atoms with Crippen LogP contribution >= 0.6 is 34.8 Å². The maximum atomic E-state index is 13.2. The number of halogens is 3. The van der Waals surface area contributed by atoms with Crippen LogP contribution in [0.5, 0.6) is 5.75 Å². The summed E-state index contributed by atoms with van der Waals surface area (Å²) in [5.74, 6) is -1.93. The molecule has 4 rings (SSSR count). The third-order valence-corrected chi connectivity index (χ3v) is 6.44. The van der Waals surface area contributed by atoms with Gasteiger partial charge in [0.05, 0.1) is 15.7 Å². The number of barbiturate groups is 1. The number of urea groups is 1. The van der Waals surface area contributed by atoms with Crippen molar-refractivity contribution in [1.29, 1.82) is 0 Å². The lowest BCUT2D eigenvalue weighted by Crippen LogP contribution is -2.54. The van der Waals surface area contributed by atoms with Crippen LogP contribution < -0.4 is 20.3 Å². The molecule has 0 atom stereocenters. The molecule has 0 saturated carbocycles. The highest BCUT2D eigenvalue weighted by molar-refractivity contribution is 6.42. The van der Waals surface area contributed by atoms with E-state index in [2.05, 4.69) is 10.6 Å². The number of benzene rings is 3. The summed E-state index contributed by atoms with van der Waals surface area (Å²) < 4.78 is 5.64. The number of imide groups is 2. The van der Waals surface area contributed by atoms with Crippen LogP contribution in [0, 0.1) is 6.92 Å². The number of ether oxygens (including phenoxy) is 1. The molecule has 0 spiro atoms. The van der Waals surface area contributed by atoms with Gasteiger partial charge in [0.1, 0.15) is 11.3 Å². The van der Waals surface area contributed by atoms with Crippen LogP contribution in [0.25, 0.3) is 6.08 Å². The Morgan fingerprint density at radius 1 is 0.973 bits per heavy atom. The quantitative estimate of drug-likeness (QED) is 0.301. The summed E-state index contributed by atoms with van der Waals surface area (Å²) in [5.41, 5.74) is 1.45. The third kappa shape index (κ3) is 5.94. The second-order valence-corrected chi connectivity index (χ2v) is 9.12. The minimum Gasteiger partial charge on any atom is -0.483 e. The Bertz CT molecular complexity index is 1470. The molecule has 11 heteroatoms. The molecule has 8 nitrogen and oxygen atoms in total. The molecule has 1 fully saturated rings. The first-order valence-corrected chi connectivity index (χ1v) is 11.9. The zero-order chi connectivity index (χ0) is 26.7. The second-order valence-electron chi connectivity index (χ2n) is 7.89. The lowest BCUT2D eigenvalue weighted by molar-refractivity contribution is -0.122. The molecule has 1 aliphatic rings. The van der Waals surface area contributed by atoms with E-state index in [-0.39, 0.29) is 28.6 Å². The zero-order valence-electron chi connectivity index (χ0n) is 19.2. The number of carbonyl (C=O) groups excluding carboxylic acids is 4. The summed E-state index contributed by atoms with van der Waals surface area (Å²) in [7, 11) is 0. The number of nitrogens with zero attached hydrogens (tertiary/aromatic N) is 1. The maximum Gasteiger partial charge on any atom is 0.335 e. The molecule has 0 aliphatic carbocycles. The highest BCUT2D eigenvalue weighted by Gasteiger charge is 2.37. The number of amides is 5. The van der Waals surface area contributed by atoms with Gasteiger partial charge in [-0.1, -0.05) is 59.1 Å². The first-order chi connectivity index (χ1) is 17.6. The number of nitrogens with one attached hydrogen (secondary N) is 2. The summed E-state index contributed by atoms with van der Waals surface area (Å²) in [5, 5.41) is 5.79. The van der Waals surface area contributed by atoms with Gasteiger partial charge in [-0.15, -0.1) is 0 Å². The largest absolute Gasteiger partial charge is 0.483 e. The Morgan fingerprint density at radius 2 is 1.73 bits per heavy atom. The molecule has 1 saturated heterocycles. The van der Waals surface area contributed by atoms with Crippen LogP contribution in [-0.4, -0.2) is 30.4 Å². The van der Waals surface area contributed by atoms with E-state index in [1.54, 1.807) is 55.5 Å². The van der Waals surface area contributed by atoms with E-state index in [0.717, 1.165) is 10.5 Å². The summed E-state index contributed by atoms with van der Waals surface area (Å²) in [6, 6.07) is 14.9. The SMILES string of the molecule is Cc1ccc(N2C(=O)NC(=O)/C(=C\c3ccccc3OCC(=O)Nc3ccc(Cl)c(Cl)c3)C2=O)cc1Cl. The molecule has 1 aliphatic heterocycles. The molecule has 0 unspecified atom stereocenters. The number of para-hydroxylation sites is 1. The van der Waals surface area contributed by atoms with Gasteiger partial charge in [-0.05, 0) is 55.0 Å². The van der Waals surface area contributed by atoms with E-state index in [1.165, 1.54) is 18.2 Å². The average molecular weight is 559 g/mol. The molecular weight excluding hydrogens is 541 g/mol. The van der Waals surface area contributed by atoms with Crippen molar-refractivity contribution in [2.45, 2.75) is 6.92 Å². The van der Waals surface area contributed by atoms with E-state index in [0.29, 0.717) is 21.3 Å². The Balaban J connectivity index is 1.55. The van der Waals surface area contributed by atoms with Crippen molar-refractivity contribution in [1.82, 2.24) is 5.32 Å². The Kier molecular flexibility index (Phi) is 7.83. The van der Waals surface area contributed by atoms with Crippen LogP contribution in [0.3, 0.4) is 0 Å². The smallest absolute Gasteiger partial charge is 0.335 e. The highest BCUT2D eigenvalue weighted by atomic mass is 35.5. The standard InChI is InChI=1S/C26H18Cl3N3O5/c1-14-6-8-17(12-20(14)28)32-25(35)18(24(34)31-26(32)36)10-15-4-2-3-5-22(15)37-13-23(33)30-16-7-9-19(27)21(29)11-16/h2-12H,13H2,1H3,(H,30,33)(H,31,34,36)/b18-10+. The average Bonchev–Trinajstić information content (AvgIpc) is 2.85. The molecule has 2 N–H and O–H groups in total. The Morgan fingerprint density at radius 3 is 2.46 bits per heavy atom. The van der Waals surface area contributed by atoms with Crippen molar-refractivity contribution >= 4 is 76.0 Å². The summed E-state index contributed by atoms with van der Waals surface area (Å²) in [6.45, 7) is 1.41. The topological polar surface area (TPSA) is 105 Å². The van der Waals surface area contributed by atoms with Crippen molar-refractivity contribution < 1.29 is 23.9 Å². The fourth-order valence-electron chi connectivity index (χ4n) is 3.41. The van der Waals surface area contributed by atoms with Crippen LogP contribution in [-0.2, 0) is 14.4 Å². The molecule has 37 heavy (non-hydrogen) atoms. The molecule has 188 valence electrons. The molecule has 0 aromatic heterocycles. The predicted molar refractivity (Wildman–Crippen MR) is 142 cm³/mol. The molecule has 3 aromatic carbocycles. The van der Waals surface area contributed by atoms with Crippen molar-refractivity contribution in [2.75, 3.05) is 16.8 Å². The van der Waals surface area contributed by atoms with Gasteiger partial charge in [0.15, 0.2) is 6.61 Å². The van der Waals surface area contributed by atoms with Gasteiger partial charge in [-0.2, -0.15) is 0 Å². The maximum absolute atomic E-state index is 13.2. The number of hydrogen-bond acceptors (Lipinski definition) is 5. The zero-order valence-corrected chi connectivity index (χ0v) is 21.4. The summed E-state index contributed by atoms with van der Waals surface area (Å²) >= 11 is 18.0. The van der Waals surface area contributed by atoms with Crippen molar-refractivity contribution in [3.63, 3.8) is 0 Å². The minimum atomic E-state index is -0.893. The van der Waals surface area contributed by atoms with Gasteiger partial charge in [0, 0.05) is 16.3 Å². The second kappa shape index (κ2) is 11.0. The van der Waals surface area contributed by atoms with E-state index in [9.17, 15) is 19.2 Å². The van der Waals surface area contributed by atoms with Crippen molar-refractivity contribution in [3.8, 4) is 5.75 Å². The first kappa shape index (κ1) is 26.2. The number of rotatable bonds is 6. The Labute approximate surface area is 226 Å². The van der Waals surface area contributed by atoms with Gasteiger partial charge in [0.2, 0.25) is 0 Å². The fraction of sp³-hybridized carbons (Fsp3) is 0.0769. The molecule has 0 radical (unpaired) electrons. The number of hydrogen-bond donors (Lipinski definition) is 2. The first-order valence-electron chi connectivity index (χ1n) is 10.8. The van der Waals surface area contributed by atoms with E-state index in [4.69, 9.17) is 39.5 Å². The predicted octanol–water partition coefficient (Wildman–Crippen LogP) is 5.64. The molecule has 0 bridgehead atoms. The van der Waals surface area contributed by atoms with Crippen LogP contribution in [0.15, 0.2) is 66.2 Å². The number of aryl methyl sites for hydroxylation is 1. The van der Waals surface area contributed by atoms with Crippen molar-refractivity contribution in [2.24, 2.45) is 0 Å². The lowest BCUT2D eigenvalue weighted by Gasteiger charge is -2.26. The van der Waals surface area contributed by atoms with Crippen LogP contribution in [0.1, 0.15) is 11.1 Å². The van der Waals surface area contributed by atoms with Crippen LogP contribution in [0.2, 0.25) is 15.1 Å². The summed E-state index contributed by atoms with van der Waals surface area (Å²) in [4.78, 5) is 51.4. The van der Waals surface area contributed by atoms with Gasteiger partial charge in [0.25, 0.3) is 17.7 Å². The van der Waals surface area contributed by atoms with E-state index in [1.807, 2.05) is 0 Å². The fourth-order valence-corrected chi connectivity index (χ4v) is 3.89. The minimum absolute atomic E-state index is 0.208. The Hall–Kier alpha value is -3.85. The van der Waals surface area contributed by atoms with Crippen LogP contribution in [0.4, 0.5) is 16.2 Å². The molecule has 5 amide bonds. The lowest BCUT2D eigenvalue weighted by atomic mass is 10.1. The third-order valence-electron chi connectivity index (χ3n) is 5.30. The number of carbonyl (C=O) groups is 4. The normalized spacial score (nSPS) is 14.5. The van der Waals surface area contributed by atoms with E-state index < -0.39 is 23.8 Å².